The molecule has 1 aliphatic rings. The molecule has 9 heteroatoms. The molecule has 4 rings (SSSR count). The third-order valence-corrected chi connectivity index (χ3v) is 6.68. The number of fused-ring (bicyclic) bond motifs is 1. The van der Waals surface area contributed by atoms with Crippen LogP contribution in [0, 0.1) is 0 Å². The summed E-state index contributed by atoms with van der Waals surface area (Å²) in [6.07, 6.45) is 0.823. The largest absolute Gasteiger partial charge is 0.494 e. The van der Waals surface area contributed by atoms with Crippen LogP contribution < -0.4 is 10.1 Å². The van der Waals surface area contributed by atoms with Gasteiger partial charge in [-0.25, -0.2) is 9.48 Å². The van der Waals surface area contributed by atoms with Gasteiger partial charge in [0, 0.05) is 37.7 Å². The van der Waals surface area contributed by atoms with Gasteiger partial charge in [-0.05, 0) is 38.5 Å². The number of rotatable bonds is 10. The van der Waals surface area contributed by atoms with E-state index in [2.05, 4.69) is 34.5 Å². The van der Waals surface area contributed by atoms with Crippen LogP contribution in [-0.2, 0) is 35.6 Å². The fraction of sp³-hybridized carbons (Fsp3) is 0.414. The quantitative estimate of drug-likeness (QED) is 0.409. The van der Waals surface area contributed by atoms with Crippen LogP contribution in [0.2, 0.25) is 0 Å². The summed E-state index contributed by atoms with van der Waals surface area (Å²) in [7, 11) is 1.66. The highest BCUT2D eigenvalue weighted by Gasteiger charge is 2.29. The SMILES string of the molecule is CCOC(=O)CNC(=O)N(Cc1nn(-c2ccccc2OC)c2c1CN(Cc1ccccc1)CC2)C(C)C. The van der Waals surface area contributed by atoms with Gasteiger partial charge in [0.1, 0.15) is 18.0 Å². The van der Waals surface area contributed by atoms with Crippen molar-refractivity contribution in [3.8, 4) is 11.4 Å². The van der Waals surface area contributed by atoms with Crippen molar-refractivity contribution in [2.75, 3.05) is 26.8 Å². The molecule has 3 aromatic rings. The third kappa shape index (κ3) is 6.34. The van der Waals surface area contributed by atoms with E-state index in [-0.39, 0.29) is 25.2 Å². The average Bonchev–Trinajstić information content (AvgIpc) is 3.28. The van der Waals surface area contributed by atoms with Crippen LogP contribution in [0.4, 0.5) is 4.79 Å². The van der Waals surface area contributed by atoms with Gasteiger partial charge in [-0.1, -0.05) is 42.5 Å². The first-order valence-electron chi connectivity index (χ1n) is 13.1. The molecule has 0 unspecified atom stereocenters. The normalized spacial score (nSPS) is 13.2. The van der Waals surface area contributed by atoms with Crippen LogP contribution in [0.3, 0.4) is 0 Å². The summed E-state index contributed by atoms with van der Waals surface area (Å²) < 4.78 is 12.6. The molecule has 0 saturated carbocycles. The smallest absolute Gasteiger partial charge is 0.325 e. The molecule has 0 spiro atoms. The zero-order valence-corrected chi connectivity index (χ0v) is 22.6. The number of carbonyl (C=O) groups is 2. The molecule has 0 bridgehead atoms. The summed E-state index contributed by atoms with van der Waals surface area (Å²) in [6, 6.07) is 17.8. The molecule has 0 aliphatic carbocycles. The Morgan fingerprint density at radius 2 is 1.84 bits per heavy atom. The van der Waals surface area contributed by atoms with Gasteiger partial charge in [-0.15, -0.1) is 0 Å². The van der Waals surface area contributed by atoms with Crippen molar-refractivity contribution >= 4 is 12.0 Å². The van der Waals surface area contributed by atoms with E-state index in [0.29, 0.717) is 6.54 Å². The number of nitrogens with zero attached hydrogens (tertiary/aromatic N) is 4. The number of ether oxygens (including phenoxy) is 2. The fourth-order valence-electron chi connectivity index (χ4n) is 4.76. The molecular formula is C29H37N5O4. The number of amides is 2. The molecule has 0 radical (unpaired) electrons. The number of hydrogen-bond acceptors (Lipinski definition) is 6. The van der Waals surface area contributed by atoms with Crippen molar-refractivity contribution in [1.29, 1.82) is 0 Å². The molecule has 2 amide bonds. The predicted octanol–water partition coefficient (Wildman–Crippen LogP) is 3.92. The maximum absolute atomic E-state index is 13.1. The molecule has 0 fully saturated rings. The number of nitrogens with one attached hydrogen (secondary N) is 1. The fourth-order valence-corrected chi connectivity index (χ4v) is 4.76. The molecule has 38 heavy (non-hydrogen) atoms. The Labute approximate surface area is 224 Å². The van der Waals surface area contributed by atoms with Gasteiger partial charge in [0.15, 0.2) is 0 Å². The van der Waals surface area contributed by atoms with Crippen LogP contribution in [-0.4, -0.2) is 64.4 Å². The van der Waals surface area contributed by atoms with E-state index in [9.17, 15) is 9.59 Å². The van der Waals surface area contributed by atoms with Gasteiger partial charge in [0.25, 0.3) is 0 Å². The van der Waals surface area contributed by atoms with Gasteiger partial charge in [0.2, 0.25) is 0 Å². The Bertz CT molecular complexity index is 1240. The summed E-state index contributed by atoms with van der Waals surface area (Å²) in [4.78, 5) is 29.0. The lowest BCUT2D eigenvalue weighted by Crippen LogP contribution is -2.45. The number of aromatic nitrogens is 2. The first-order valence-corrected chi connectivity index (χ1v) is 13.1. The second-order valence-electron chi connectivity index (χ2n) is 9.59. The number of hydrogen-bond donors (Lipinski definition) is 1. The van der Waals surface area contributed by atoms with E-state index >= 15 is 0 Å². The topological polar surface area (TPSA) is 88.9 Å². The highest BCUT2D eigenvalue weighted by atomic mass is 16.5. The van der Waals surface area contributed by atoms with Crippen molar-refractivity contribution in [2.45, 2.75) is 52.9 Å². The van der Waals surface area contributed by atoms with Gasteiger partial charge in [0.05, 0.1) is 31.6 Å². The maximum Gasteiger partial charge on any atom is 0.325 e. The minimum Gasteiger partial charge on any atom is -0.494 e. The molecule has 1 N–H and O–H groups in total. The van der Waals surface area contributed by atoms with Crippen LogP contribution in [0.25, 0.3) is 5.69 Å². The first kappa shape index (κ1) is 27.2. The van der Waals surface area contributed by atoms with E-state index in [1.165, 1.54) is 5.56 Å². The lowest BCUT2D eigenvalue weighted by atomic mass is 10.0. The number of esters is 1. The first-order chi connectivity index (χ1) is 18.4. The van der Waals surface area contributed by atoms with E-state index in [4.69, 9.17) is 14.6 Å². The second kappa shape index (κ2) is 12.6. The van der Waals surface area contributed by atoms with Crippen molar-refractivity contribution in [1.82, 2.24) is 24.9 Å². The van der Waals surface area contributed by atoms with Gasteiger partial charge < -0.3 is 19.7 Å². The van der Waals surface area contributed by atoms with Gasteiger partial charge in [-0.3, -0.25) is 9.69 Å². The molecule has 202 valence electrons. The number of urea groups is 1. The number of benzene rings is 2. The summed E-state index contributed by atoms with van der Waals surface area (Å²) >= 11 is 0. The van der Waals surface area contributed by atoms with Crippen molar-refractivity contribution in [3.05, 3.63) is 77.1 Å². The molecule has 0 atom stereocenters. The lowest BCUT2D eigenvalue weighted by Gasteiger charge is -2.29. The minimum atomic E-state index is -0.459. The van der Waals surface area contributed by atoms with Crippen LogP contribution >= 0.6 is 0 Å². The van der Waals surface area contributed by atoms with E-state index < -0.39 is 5.97 Å². The summed E-state index contributed by atoms with van der Waals surface area (Å²) in [5.74, 6) is 0.280. The second-order valence-corrected chi connectivity index (χ2v) is 9.59. The zero-order chi connectivity index (χ0) is 27.1. The van der Waals surface area contributed by atoms with Crippen molar-refractivity contribution < 1.29 is 19.1 Å². The van der Waals surface area contributed by atoms with Crippen LogP contribution in [0.5, 0.6) is 5.75 Å². The Hall–Kier alpha value is -3.85. The lowest BCUT2D eigenvalue weighted by molar-refractivity contribution is -0.141. The summed E-state index contributed by atoms with van der Waals surface area (Å²) in [6.45, 7) is 8.53. The van der Waals surface area contributed by atoms with Crippen molar-refractivity contribution in [2.24, 2.45) is 0 Å². The third-order valence-electron chi connectivity index (χ3n) is 6.68. The predicted molar refractivity (Wildman–Crippen MR) is 145 cm³/mol. The molecular weight excluding hydrogens is 482 g/mol. The molecule has 2 aromatic carbocycles. The summed E-state index contributed by atoms with van der Waals surface area (Å²) in [5, 5.41) is 7.73. The van der Waals surface area contributed by atoms with E-state index in [1.807, 2.05) is 48.9 Å². The molecule has 9 nitrogen and oxygen atoms in total. The Kier molecular flexibility index (Phi) is 9.02. The van der Waals surface area contributed by atoms with E-state index in [1.54, 1.807) is 18.9 Å². The Balaban J connectivity index is 1.65. The van der Waals surface area contributed by atoms with Crippen molar-refractivity contribution in [3.63, 3.8) is 0 Å². The van der Waals surface area contributed by atoms with Gasteiger partial charge >= 0.3 is 12.0 Å². The monoisotopic (exact) mass is 519 g/mol. The minimum absolute atomic E-state index is 0.103. The molecule has 2 heterocycles. The number of para-hydroxylation sites is 2. The van der Waals surface area contributed by atoms with E-state index in [0.717, 1.165) is 54.4 Å². The van der Waals surface area contributed by atoms with Gasteiger partial charge in [-0.2, -0.15) is 5.10 Å². The maximum atomic E-state index is 13.1. The molecule has 1 aromatic heterocycles. The average molecular weight is 520 g/mol. The number of methoxy groups -OCH3 is 1. The standard InChI is InChI=1S/C29H37N5O4/c1-5-38-28(35)17-30-29(36)33(21(2)3)20-24-23-19-32(18-22-11-7-6-8-12-22)16-15-25(23)34(31-24)26-13-9-10-14-27(26)37-4/h6-14,21H,5,15-20H2,1-4H3,(H,30,36). The Morgan fingerprint density at radius 1 is 1.11 bits per heavy atom. The van der Waals surface area contributed by atoms with Crippen LogP contribution in [0.1, 0.15) is 43.3 Å². The number of carbonyl (C=O) groups excluding carboxylic acids is 2. The zero-order valence-electron chi connectivity index (χ0n) is 22.6. The highest BCUT2D eigenvalue weighted by molar-refractivity contribution is 5.81. The summed E-state index contributed by atoms with van der Waals surface area (Å²) in [5.41, 5.74) is 5.23. The Morgan fingerprint density at radius 3 is 2.55 bits per heavy atom. The molecule has 0 saturated heterocycles. The van der Waals surface area contributed by atoms with Crippen LogP contribution in [0.15, 0.2) is 54.6 Å². The highest BCUT2D eigenvalue weighted by Crippen LogP contribution is 2.31. The molecule has 1 aliphatic heterocycles.